The van der Waals surface area contributed by atoms with E-state index in [2.05, 4.69) is 25.6 Å². The summed E-state index contributed by atoms with van der Waals surface area (Å²) in [5.74, 6) is -2.70. The van der Waals surface area contributed by atoms with Gasteiger partial charge in [0.15, 0.2) is 10.9 Å². The molecule has 14 heteroatoms. The molecule has 0 amide bonds. The van der Waals surface area contributed by atoms with Crippen molar-refractivity contribution in [3.63, 3.8) is 0 Å². The zero-order valence-electron chi connectivity index (χ0n) is 14.9. The molecule has 0 aromatic carbocycles. The Balaban J connectivity index is 0.000000480. The molecule has 156 valence electrons. The van der Waals surface area contributed by atoms with Crippen molar-refractivity contribution in [1.29, 1.82) is 0 Å². The molecule has 1 aromatic rings. The first kappa shape index (κ1) is 23.6. The number of carboxylic acid groups (broad SMARTS) is 1. The Kier molecular flexibility index (Phi) is 9.05. The molecule has 0 spiro atoms. The maximum Gasteiger partial charge on any atom is 0.490 e. The Morgan fingerprint density at radius 2 is 2.07 bits per heavy atom. The first-order valence-electron chi connectivity index (χ1n) is 7.76. The average molecular weight is 425 g/mol. The van der Waals surface area contributed by atoms with Gasteiger partial charge in [0.1, 0.15) is 6.54 Å². The second-order valence-corrected chi connectivity index (χ2v) is 6.74. The average Bonchev–Trinajstić information content (AvgIpc) is 3.02. The van der Waals surface area contributed by atoms with Crippen LogP contribution in [0.1, 0.15) is 19.2 Å². The van der Waals surface area contributed by atoms with Crippen LogP contribution in [-0.2, 0) is 25.7 Å². The smallest absolute Gasteiger partial charge is 0.475 e. The third-order valence-corrected chi connectivity index (χ3v) is 4.41. The van der Waals surface area contributed by atoms with Gasteiger partial charge in [0.05, 0.1) is 7.11 Å². The molecule has 2 N–H and O–H groups in total. The summed E-state index contributed by atoms with van der Waals surface area (Å²) < 4.78 is 37.7. The van der Waals surface area contributed by atoms with E-state index in [1.54, 1.807) is 6.92 Å². The lowest BCUT2D eigenvalue weighted by Crippen LogP contribution is -2.32. The molecule has 1 atom stereocenters. The third-order valence-electron chi connectivity index (χ3n) is 3.26. The van der Waals surface area contributed by atoms with E-state index in [-0.39, 0.29) is 16.9 Å². The number of halogens is 3. The molecule has 2 heterocycles. The van der Waals surface area contributed by atoms with Crippen molar-refractivity contribution in [2.45, 2.75) is 31.3 Å². The predicted molar refractivity (Wildman–Crippen MR) is 91.0 cm³/mol. The number of hydrogen-bond donors (Lipinski definition) is 2. The van der Waals surface area contributed by atoms with E-state index in [1.807, 2.05) is 6.08 Å². The van der Waals surface area contributed by atoms with Crippen molar-refractivity contribution in [2.24, 2.45) is 0 Å². The van der Waals surface area contributed by atoms with E-state index >= 15 is 0 Å². The second kappa shape index (κ2) is 10.8. The second-order valence-electron chi connectivity index (χ2n) is 5.36. The third kappa shape index (κ3) is 8.04. The number of hydrogen-bond acceptors (Lipinski definition) is 9. The summed E-state index contributed by atoms with van der Waals surface area (Å²) in [6.45, 7) is 3.07. The number of aromatic nitrogens is 4. The van der Waals surface area contributed by atoms with E-state index in [0.717, 1.165) is 18.5 Å². The molecule has 0 aliphatic carbocycles. The van der Waals surface area contributed by atoms with Crippen molar-refractivity contribution in [1.82, 2.24) is 25.5 Å². The number of thioether (sulfide) groups is 1. The Bertz CT molecular complexity index is 737. The van der Waals surface area contributed by atoms with Gasteiger partial charge in [0, 0.05) is 18.7 Å². The minimum absolute atomic E-state index is 0.0411. The van der Waals surface area contributed by atoms with Gasteiger partial charge in [-0.25, -0.2) is 9.48 Å². The largest absolute Gasteiger partial charge is 0.490 e. The van der Waals surface area contributed by atoms with E-state index in [1.165, 1.54) is 23.6 Å². The van der Waals surface area contributed by atoms with Crippen LogP contribution in [0.4, 0.5) is 13.2 Å². The molecule has 1 fully saturated rings. The molecule has 1 aliphatic rings. The number of nitrogens with one attached hydrogen (secondary N) is 1. The highest BCUT2D eigenvalue weighted by Gasteiger charge is 2.38. The van der Waals surface area contributed by atoms with Crippen molar-refractivity contribution in [3.8, 4) is 0 Å². The lowest BCUT2D eigenvalue weighted by Gasteiger charge is -2.24. The zero-order valence-corrected chi connectivity index (χ0v) is 15.7. The van der Waals surface area contributed by atoms with Gasteiger partial charge >= 0.3 is 18.1 Å². The molecule has 0 bridgehead atoms. The van der Waals surface area contributed by atoms with Crippen LogP contribution in [0.25, 0.3) is 6.08 Å². The number of ether oxygens (including phenoxy) is 1. The topological polar surface area (TPSA) is 136 Å². The van der Waals surface area contributed by atoms with Gasteiger partial charge in [-0.3, -0.25) is 9.59 Å². The first-order valence-corrected chi connectivity index (χ1v) is 8.64. The first-order chi connectivity index (χ1) is 13.0. The highest BCUT2D eigenvalue weighted by Crippen LogP contribution is 2.26. The predicted octanol–water partition coefficient (Wildman–Crippen LogP) is 0.504. The van der Waals surface area contributed by atoms with Crippen molar-refractivity contribution < 1.29 is 37.4 Å². The number of rotatable bonds is 4. The van der Waals surface area contributed by atoms with Gasteiger partial charge in [-0.05, 0) is 35.0 Å². The minimum atomic E-state index is -5.08. The van der Waals surface area contributed by atoms with Gasteiger partial charge in [0.25, 0.3) is 0 Å². The van der Waals surface area contributed by atoms with Gasteiger partial charge in [0.2, 0.25) is 0 Å². The van der Waals surface area contributed by atoms with Crippen LogP contribution >= 0.6 is 11.8 Å². The van der Waals surface area contributed by atoms with Gasteiger partial charge < -0.3 is 15.2 Å². The fourth-order valence-corrected chi connectivity index (χ4v) is 2.96. The standard InChI is InChI=1S/C12H17N5O3S.C2HF3O2/c1-8(18)21-10-3-4-13-6-9(10)5-11-14-15-16-17(11)7-12(19)20-2;3-2(4,5)1(6)7/h5,10,13H,3-4,6-7H2,1-2H3;(H,6,7). The summed E-state index contributed by atoms with van der Waals surface area (Å²) in [6, 6.07) is 0. The summed E-state index contributed by atoms with van der Waals surface area (Å²) in [5.41, 5.74) is 1.04. The normalized spacial score (nSPS) is 18.2. The summed E-state index contributed by atoms with van der Waals surface area (Å²) >= 11 is 1.31. The Morgan fingerprint density at radius 1 is 1.43 bits per heavy atom. The maximum absolute atomic E-state index is 11.3. The SMILES string of the molecule is COC(=O)Cn1nnnc1C=C1CNCCC1SC(C)=O.O=C(O)C(F)(F)F. The summed E-state index contributed by atoms with van der Waals surface area (Å²) in [4.78, 5) is 31.5. The van der Waals surface area contributed by atoms with Crippen LogP contribution in [0.15, 0.2) is 5.57 Å². The lowest BCUT2D eigenvalue weighted by molar-refractivity contribution is -0.192. The van der Waals surface area contributed by atoms with Crippen LogP contribution in [0.5, 0.6) is 0 Å². The number of esters is 1. The van der Waals surface area contributed by atoms with E-state index in [9.17, 15) is 22.8 Å². The molecular weight excluding hydrogens is 407 g/mol. The highest BCUT2D eigenvalue weighted by atomic mass is 32.2. The molecular formula is C14H18F3N5O5S. The summed E-state index contributed by atoms with van der Waals surface area (Å²) in [5, 5.41) is 21.8. The van der Waals surface area contributed by atoms with E-state index < -0.39 is 18.1 Å². The Morgan fingerprint density at radius 3 is 2.61 bits per heavy atom. The number of carboxylic acids is 1. The van der Waals surface area contributed by atoms with Gasteiger partial charge in [-0.2, -0.15) is 13.2 Å². The number of aliphatic carboxylic acids is 1. The molecule has 28 heavy (non-hydrogen) atoms. The zero-order chi connectivity index (χ0) is 21.3. The van der Waals surface area contributed by atoms with Crippen LogP contribution in [0.3, 0.4) is 0 Å². The summed E-state index contributed by atoms with van der Waals surface area (Å²) in [6.07, 6.45) is -2.38. The number of piperidine rings is 1. The molecule has 0 saturated carbocycles. The van der Waals surface area contributed by atoms with Crippen molar-refractivity contribution in [3.05, 3.63) is 11.4 Å². The quantitative estimate of drug-likeness (QED) is 0.656. The fourth-order valence-electron chi connectivity index (χ4n) is 2.02. The molecule has 1 saturated heterocycles. The number of nitrogens with zero attached hydrogens (tertiary/aromatic N) is 4. The molecule has 1 unspecified atom stereocenters. The fraction of sp³-hybridized carbons (Fsp3) is 0.571. The number of carbonyl (C=O) groups is 3. The maximum atomic E-state index is 11.3. The van der Waals surface area contributed by atoms with Gasteiger partial charge in [-0.15, -0.1) is 5.10 Å². The summed E-state index contributed by atoms with van der Waals surface area (Å²) in [7, 11) is 1.31. The minimum Gasteiger partial charge on any atom is -0.475 e. The monoisotopic (exact) mass is 425 g/mol. The number of methoxy groups -OCH3 is 1. The number of carbonyl (C=O) groups excluding carboxylic acids is 2. The van der Waals surface area contributed by atoms with Crippen LogP contribution < -0.4 is 5.32 Å². The van der Waals surface area contributed by atoms with E-state index in [4.69, 9.17) is 9.90 Å². The van der Waals surface area contributed by atoms with Crippen LogP contribution in [0, 0.1) is 0 Å². The number of tetrazole rings is 1. The van der Waals surface area contributed by atoms with E-state index in [0.29, 0.717) is 12.4 Å². The molecule has 1 aromatic heterocycles. The molecule has 10 nitrogen and oxygen atoms in total. The molecule has 0 radical (unpaired) electrons. The lowest BCUT2D eigenvalue weighted by atomic mass is 10.1. The molecule has 1 aliphatic heterocycles. The Hall–Kier alpha value is -2.48. The highest BCUT2D eigenvalue weighted by molar-refractivity contribution is 8.14. The number of alkyl halides is 3. The van der Waals surface area contributed by atoms with Crippen molar-refractivity contribution in [2.75, 3.05) is 20.2 Å². The van der Waals surface area contributed by atoms with Crippen molar-refractivity contribution >= 4 is 34.9 Å². The van der Waals surface area contributed by atoms with Crippen LogP contribution in [-0.4, -0.2) is 74.0 Å². The Labute approximate surface area is 161 Å². The van der Waals surface area contributed by atoms with Crippen LogP contribution in [0.2, 0.25) is 0 Å². The van der Waals surface area contributed by atoms with Gasteiger partial charge in [-0.1, -0.05) is 11.8 Å². The molecule has 2 rings (SSSR count).